The molecule has 0 saturated carbocycles. The Kier molecular flexibility index (Phi) is 3.78. The van der Waals surface area contributed by atoms with E-state index in [-0.39, 0.29) is 0 Å². The second-order valence-electron chi connectivity index (χ2n) is 2.86. The normalized spacial score (nSPS) is 15.7. The zero-order valence-electron chi connectivity index (χ0n) is 7.38. The Morgan fingerprint density at radius 1 is 1.00 bits per heavy atom. The third-order valence-electron chi connectivity index (χ3n) is 1.52. The molecular formula is C7H7F7O. The minimum absolute atomic E-state index is 0.674. The quantitative estimate of drug-likeness (QED) is 0.581. The lowest BCUT2D eigenvalue weighted by atomic mass is 10.0. The highest BCUT2D eigenvalue weighted by Gasteiger charge is 2.71. The summed E-state index contributed by atoms with van der Waals surface area (Å²) in [5, 5.41) is 8.26. The van der Waals surface area contributed by atoms with Crippen molar-refractivity contribution >= 4 is 0 Å². The molecule has 0 amide bonds. The number of hydrogen-bond acceptors (Lipinski definition) is 1. The number of halogens is 7. The van der Waals surface area contributed by atoms with E-state index in [4.69, 9.17) is 5.11 Å². The largest absolute Gasteiger partial charge is 0.435 e. The highest BCUT2D eigenvalue weighted by molar-refractivity contribution is 5.16. The summed E-state index contributed by atoms with van der Waals surface area (Å²) in [5.41, 5.74) is -6.18. The summed E-state index contributed by atoms with van der Waals surface area (Å²) < 4.78 is 84.1. The summed E-state index contributed by atoms with van der Waals surface area (Å²) in [4.78, 5) is 0. The van der Waals surface area contributed by atoms with Gasteiger partial charge in [-0.2, -0.15) is 26.3 Å². The van der Waals surface area contributed by atoms with Gasteiger partial charge in [-0.15, -0.1) is 0 Å². The summed E-state index contributed by atoms with van der Waals surface area (Å²) in [6.07, 6.45) is -12.9. The number of rotatable bonds is 2. The topological polar surface area (TPSA) is 20.2 Å². The average molecular weight is 240 g/mol. The zero-order valence-corrected chi connectivity index (χ0v) is 7.38. The van der Waals surface area contributed by atoms with Gasteiger partial charge in [0.2, 0.25) is 0 Å². The molecule has 15 heavy (non-hydrogen) atoms. The molecule has 0 aliphatic heterocycles. The summed E-state index contributed by atoms with van der Waals surface area (Å²) in [6, 6.07) is 0. The first-order chi connectivity index (χ1) is 6.45. The van der Waals surface area contributed by atoms with Crippen molar-refractivity contribution < 1.29 is 35.8 Å². The van der Waals surface area contributed by atoms with Crippen LogP contribution < -0.4 is 0 Å². The molecule has 1 N–H and O–H groups in total. The van der Waals surface area contributed by atoms with Crippen molar-refractivity contribution in [3.8, 4) is 0 Å². The summed E-state index contributed by atoms with van der Waals surface area (Å²) in [5.74, 6) is 0. The number of alkyl halides is 7. The van der Waals surface area contributed by atoms with Crippen LogP contribution in [0.25, 0.3) is 0 Å². The molecule has 0 saturated heterocycles. The molecule has 0 radical (unpaired) electrons. The SMILES string of the molecule is C/C(=C\C(F)(C(F)(F)F)C(F)(F)F)CO. The fourth-order valence-electron chi connectivity index (χ4n) is 0.710. The van der Waals surface area contributed by atoms with Crippen molar-refractivity contribution in [2.75, 3.05) is 6.61 Å². The van der Waals surface area contributed by atoms with Crippen molar-refractivity contribution in [2.45, 2.75) is 24.9 Å². The first-order valence-electron chi connectivity index (χ1n) is 3.57. The fraction of sp³-hybridized carbons (Fsp3) is 0.714. The lowest BCUT2D eigenvalue weighted by Gasteiger charge is -2.27. The minimum Gasteiger partial charge on any atom is -0.392 e. The molecule has 0 bridgehead atoms. The van der Waals surface area contributed by atoms with Crippen molar-refractivity contribution in [1.29, 1.82) is 0 Å². The lowest BCUT2D eigenvalue weighted by Crippen LogP contribution is -2.51. The Morgan fingerprint density at radius 3 is 1.53 bits per heavy atom. The van der Waals surface area contributed by atoms with Crippen molar-refractivity contribution in [3.63, 3.8) is 0 Å². The van der Waals surface area contributed by atoms with E-state index in [1.807, 2.05) is 0 Å². The molecule has 0 aromatic carbocycles. The molecule has 0 atom stereocenters. The van der Waals surface area contributed by atoms with Gasteiger partial charge in [-0.3, -0.25) is 0 Å². The first kappa shape index (κ1) is 14.2. The number of aliphatic hydroxyl groups excluding tert-OH is 1. The van der Waals surface area contributed by atoms with Gasteiger partial charge >= 0.3 is 18.0 Å². The van der Waals surface area contributed by atoms with Gasteiger partial charge in [-0.25, -0.2) is 4.39 Å². The van der Waals surface area contributed by atoms with Gasteiger partial charge in [0.15, 0.2) is 0 Å². The van der Waals surface area contributed by atoms with Crippen LogP contribution >= 0.6 is 0 Å². The van der Waals surface area contributed by atoms with E-state index >= 15 is 0 Å². The second-order valence-corrected chi connectivity index (χ2v) is 2.86. The Bertz CT molecular complexity index is 235. The lowest BCUT2D eigenvalue weighted by molar-refractivity contribution is -0.322. The van der Waals surface area contributed by atoms with E-state index in [9.17, 15) is 30.7 Å². The van der Waals surface area contributed by atoms with Crippen LogP contribution in [0.4, 0.5) is 30.7 Å². The van der Waals surface area contributed by atoms with Crippen molar-refractivity contribution in [3.05, 3.63) is 11.6 Å². The molecule has 0 aromatic rings. The third kappa shape index (κ3) is 2.83. The molecule has 0 aliphatic rings. The fourth-order valence-corrected chi connectivity index (χ4v) is 0.710. The highest BCUT2D eigenvalue weighted by Crippen LogP contribution is 2.47. The smallest absolute Gasteiger partial charge is 0.392 e. The van der Waals surface area contributed by atoms with E-state index in [1.54, 1.807) is 0 Å². The minimum atomic E-state index is -6.11. The standard InChI is InChI=1S/C7H7F7O/c1-4(3-15)2-5(8,6(9,10)11)7(12,13)14/h2,15H,3H2,1H3/b4-2+. The molecule has 0 spiro atoms. The maximum atomic E-state index is 12.8. The van der Waals surface area contributed by atoms with Gasteiger partial charge in [0, 0.05) is 0 Å². The molecule has 90 valence electrons. The van der Waals surface area contributed by atoms with E-state index in [1.165, 1.54) is 0 Å². The molecule has 0 unspecified atom stereocenters. The van der Waals surface area contributed by atoms with Gasteiger partial charge in [0.1, 0.15) is 0 Å². The summed E-state index contributed by atoms with van der Waals surface area (Å²) in [7, 11) is 0. The van der Waals surface area contributed by atoms with Crippen LogP contribution in [-0.2, 0) is 0 Å². The highest BCUT2D eigenvalue weighted by atomic mass is 19.4. The van der Waals surface area contributed by atoms with E-state index in [0.717, 1.165) is 6.92 Å². The van der Waals surface area contributed by atoms with E-state index < -0.39 is 36.3 Å². The van der Waals surface area contributed by atoms with Gasteiger partial charge < -0.3 is 5.11 Å². The predicted octanol–water partition coefficient (Wildman–Crippen LogP) is 2.76. The van der Waals surface area contributed by atoms with Crippen molar-refractivity contribution in [2.24, 2.45) is 0 Å². The maximum absolute atomic E-state index is 12.8. The predicted molar refractivity (Wildman–Crippen MR) is 36.8 cm³/mol. The second kappa shape index (κ2) is 3.99. The van der Waals surface area contributed by atoms with Gasteiger partial charge in [0.05, 0.1) is 6.61 Å². The number of aliphatic hydroxyl groups is 1. The summed E-state index contributed by atoms with van der Waals surface area (Å²) >= 11 is 0. The van der Waals surface area contributed by atoms with Crippen LogP contribution in [0.2, 0.25) is 0 Å². The molecule has 8 heteroatoms. The molecule has 0 fully saturated rings. The number of hydrogen-bond donors (Lipinski definition) is 1. The van der Waals surface area contributed by atoms with E-state index in [2.05, 4.69) is 0 Å². The molecule has 0 aliphatic carbocycles. The van der Waals surface area contributed by atoms with Crippen molar-refractivity contribution in [1.82, 2.24) is 0 Å². The Balaban J connectivity index is 5.44. The van der Waals surface area contributed by atoms with E-state index in [0.29, 0.717) is 0 Å². The molecule has 0 heterocycles. The Morgan fingerprint density at radius 2 is 1.33 bits per heavy atom. The van der Waals surface area contributed by atoms with Crippen LogP contribution in [0.5, 0.6) is 0 Å². The first-order valence-corrected chi connectivity index (χ1v) is 3.57. The average Bonchev–Trinajstić information content (AvgIpc) is 1.99. The molecule has 1 nitrogen and oxygen atoms in total. The van der Waals surface area contributed by atoms with Gasteiger partial charge in [0.25, 0.3) is 0 Å². The van der Waals surface area contributed by atoms with Gasteiger partial charge in [-0.05, 0) is 18.6 Å². The number of allylic oxidation sites excluding steroid dienone is 1. The third-order valence-corrected chi connectivity index (χ3v) is 1.52. The Hall–Kier alpha value is -0.790. The maximum Gasteiger partial charge on any atom is 0.435 e. The van der Waals surface area contributed by atoms with Crippen LogP contribution in [-0.4, -0.2) is 29.7 Å². The van der Waals surface area contributed by atoms with Crippen LogP contribution in [0, 0.1) is 0 Å². The summed E-state index contributed by atoms with van der Waals surface area (Å²) in [6.45, 7) is -0.330. The van der Waals surface area contributed by atoms with Crippen LogP contribution in [0.3, 0.4) is 0 Å². The molecule has 0 rings (SSSR count). The van der Waals surface area contributed by atoms with Crippen LogP contribution in [0.1, 0.15) is 6.92 Å². The Labute approximate surface area is 80.2 Å². The van der Waals surface area contributed by atoms with Crippen LogP contribution in [0.15, 0.2) is 11.6 Å². The molecule has 0 aromatic heterocycles. The monoisotopic (exact) mass is 240 g/mol. The zero-order chi connectivity index (χ0) is 12.5. The molecular weight excluding hydrogens is 233 g/mol. The van der Waals surface area contributed by atoms with Gasteiger partial charge in [-0.1, -0.05) is 0 Å².